The molecule has 0 radical (unpaired) electrons. The van der Waals surface area contributed by atoms with Gasteiger partial charge in [-0.1, -0.05) is 0 Å². The second-order valence-corrected chi connectivity index (χ2v) is 7.34. The van der Waals surface area contributed by atoms with Crippen LogP contribution in [0.25, 0.3) is 28.3 Å². The number of pyridine rings is 1. The van der Waals surface area contributed by atoms with Crippen LogP contribution in [-0.2, 0) is 19.5 Å². The first kappa shape index (κ1) is 17.6. The van der Waals surface area contributed by atoms with Gasteiger partial charge >= 0.3 is 0 Å². The molecule has 4 aromatic rings. The summed E-state index contributed by atoms with van der Waals surface area (Å²) in [4.78, 5) is 20.8. The first-order valence-corrected chi connectivity index (χ1v) is 9.56. The average molecular weight is 393 g/mol. The van der Waals surface area contributed by atoms with Crippen LogP contribution < -0.4 is 5.73 Å². The molecule has 5 heterocycles. The molecule has 1 unspecified atom stereocenters. The Bertz CT molecular complexity index is 1230. The lowest BCUT2D eigenvalue weighted by molar-refractivity contribution is 0.0994. The minimum Gasteiger partial charge on any atom is -0.364 e. The summed E-state index contributed by atoms with van der Waals surface area (Å²) in [5, 5.41) is 4.53. The molecule has 148 valence electrons. The zero-order valence-electron chi connectivity index (χ0n) is 15.9. The van der Waals surface area contributed by atoms with E-state index in [2.05, 4.69) is 14.6 Å². The van der Waals surface area contributed by atoms with Crippen molar-refractivity contribution in [2.75, 3.05) is 0 Å². The van der Waals surface area contributed by atoms with Crippen LogP contribution in [0.2, 0.25) is 0 Å². The van der Waals surface area contributed by atoms with Crippen molar-refractivity contribution in [2.45, 2.75) is 39.0 Å². The van der Waals surface area contributed by atoms with Crippen molar-refractivity contribution in [3.63, 3.8) is 0 Å². The van der Waals surface area contributed by atoms with Gasteiger partial charge in [0.05, 0.1) is 18.4 Å². The largest absolute Gasteiger partial charge is 0.364 e. The molecular weight excluding hydrogens is 373 g/mol. The van der Waals surface area contributed by atoms with Crippen LogP contribution in [0.5, 0.6) is 0 Å². The maximum atomic E-state index is 13.4. The third kappa shape index (κ3) is 2.89. The Balaban J connectivity index is 1.67. The molecule has 0 saturated carbocycles. The second kappa shape index (κ2) is 6.54. The molecule has 8 nitrogen and oxygen atoms in total. The molecule has 0 fully saturated rings. The molecule has 5 rings (SSSR count). The molecular formula is C20H20FN7O. The molecule has 2 N–H and O–H groups in total. The van der Waals surface area contributed by atoms with Crippen molar-refractivity contribution >= 4 is 11.6 Å². The Morgan fingerprint density at radius 3 is 3.00 bits per heavy atom. The fourth-order valence-electron chi connectivity index (χ4n) is 3.95. The summed E-state index contributed by atoms with van der Waals surface area (Å²) < 4.78 is 18.8. The zero-order valence-corrected chi connectivity index (χ0v) is 15.9. The molecule has 0 saturated heterocycles. The number of hydrogen-bond acceptors (Lipinski definition) is 4. The van der Waals surface area contributed by atoms with Gasteiger partial charge in [-0.25, -0.2) is 14.4 Å². The standard InChI is InChI=1S/C20H20FN7O/c1-12(21)10-26-8-6-14(25-26)18-19(27-7-2-3-17(27)24-18)13-4-5-16-23-9-15(20(22)29)28(16)11-13/h4-6,8-9,11-12H,2-3,7,10H2,1H3,(H2,22,29). The summed E-state index contributed by atoms with van der Waals surface area (Å²) >= 11 is 0. The van der Waals surface area contributed by atoms with Crippen LogP contribution in [0.15, 0.2) is 36.8 Å². The van der Waals surface area contributed by atoms with Crippen LogP contribution >= 0.6 is 0 Å². The molecule has 1 aliphatic heterocycles. The van der Waals surface area contributed by atoms with Gasteiger partial charge in [0.2, 0.25) is 0 Å². The summed E-state index contributed by atoms with van der Waals surface area (Å²) in [5.41, 5.74) is 9.73. The van der Waals surface area contributed by atoms with E-state index < -0.39 is 12.1 Å². The molecule has 0 aliphatic carbocycles. The van der Waals surface area contributed by atoms with Gasteiger partial charge in [0.15, 0.2) is 0 Å². The Labute approximate surface area is 165 Å². The van der Waals surface area contributed by atoms with Crippen molar-refractivity contribution in [3.05, 3.63) is 48.3 Å². The number of nitrogens with zero attached hydrogens (tertiary/aromatic N) is 6. The second-order valence-electron chi connectivity index (χ2n) is 7.34. The number of alkyl halides is 1. The van der Waals surface area contributed by atoms with Gasteiger partial charge < -0.3 is 10.3 Å². The number of imidazole rings is 2. The van der Waals surface area contributed by atoms with Gasteiger partial charge in [-0.15, -0.1) is 0 Å². The van der Waals surface area contributed by atoms with Crippen LogP contribution in [0.4, 0.5) is 4.39 Å². The number of nitrogens with two attached hydrogens (primary N) is 1. The summed E-state index contributed by atoms with van der Waals surface area (Å²) in [5.74, 6) is 0.469. The molecule has 0 aromatic carbocycles. The fourth-order valence-corrected chi connectivity index (χ4v) is 3.95. The topological polar surface area (TPSA) is 96.0 Å². The van der Waals surface area contributed by atoms with Crippen molar-refractivity contribution in [1.29, 1.82) is 0 Å². The summed E-state index contributed by atoms with van der Waals surface area (Å²) in [6, 6.07) is 5.66. The van der Waals surface area contributed by atoms with E-state index in [-0.39, 0.29) is 6.54 Å². The number of primary amides is 1. The van der Waals surface area contributed by atoms with Crippen LogP contribution in [0.1, 0.15) is 29.7 Å². The quantitative estimate of drug-likeness (QED) is 0.563. The normalized spacial score (nSPS) is 14.4. The van der Waals surface area contributed by atoms with Crippen molar-refractivity contribution < 1.29 is 9.18 Å². The molecule has 0 spiro atoms. The summed E-state index contributed by atoms with van der Waals surface area (Å²) in [6.45, 7) is 2.57. The van der Waals surface area contributed by atoms with E-state index >= 15 is 0 Å². The molecule has 1 atom stereocenters. The third-order valence-electron chi connectivity index (χ3n) is 5.18. The molecule has 29 heavy (non-hydrogen) atoms. The van der Waals surface area contributed by atoms with E-state index in [0.29, 0.717) is 17.0 Å². The summed E-state index contributed by atoms with van der Waals surface area (Å²) in [6.07, 6.45) is 6.05. The number of carbonyl (C=O) groups is 1. The number of amides is 1. The van der Waals surface area contributed by atoms with Gasteiger partial charge in [0.1, 0.15) is 34.7 Å². The van der Waals surface area contributed by atoms with E-state index in [4.69, 9.17) is 10.7 Å². The lowest BCUT2D eigenvalue weighted by atomic mass is 10.1. The minimum absolute atomic E-state index is 0.200. The Morgan fingerprint density at radius 2 is 2.21 bits per heavy atom. The van der Waals surface area contributed by atoms with Crippen molar-refractivity contribution in [3.8, 4) is 22.6 Å². The fraction of sp³-hybridized carbons (Fsp3) is 0.300. The number of hydrogen-bond donors (Lipinski definition) is 1. The van der Waals surface area contributed by atoms with Crippen LogP contribution in [0.3, 0.4) is 0 Å². The van der Waals surface area contributed by atoms with Crippen molar-refractivity contribution in [2.24, 2.45) is 5.73 Å². The average Bonchev–Trinajstić information content (AvgIpc) is 3.42. The first-order valence-electron chi connectivity index (χ1n) is 9.56. The van der Waals surface area contributed by atoms with E-state index in [9.17, 15) is 9.18 Å². The van der Waals surface area contributed by atoms with Gasteiger partial charge in [-0.3, -0.25) is 13.9 Å². The lowest BCUT2D eigenvalue weighted by Crippen LogP contribution is -2.13. The summed E-state index contributed by atoms with van der Waals surface area (Å²) in [7, 11) is 0. The molecule has 1 amide bonds. The lowest BCUT2D eigenvalue weighted by Gasteiger charge is -2.09. The van der Waals surface area contributed by atoms with E-state index in [1.807, 2.05) is 24.4 Å². The molecule has 0 bridgehead atoms. The highest BCUT2D eigenvalue weighted by Crippen LogP contribution is 2.35. The van der Waals surface area contributed by atoms with E-state index in [1.165, 1.54) is 13.1 Å². The Kier molecular flexibility index (Phi) is 3.97. The highest BCUT2D eigenvalue weighted by Gasteiger charge is 2.25. The molecule has 1 aliphatic rings. The molecule has 4 aromatic heterocycles. The van der Waals surface area contributed by atoms with Crippen molar-refractivity contribution in [1.82, 2.24) is 28.7 Å². The number of aromatic nitrogens is 6. The number of carbonyl (C=O) groups excluding carboxylic acids is 1. The number of aryl methyl sites for hydroxylation is 1. The Morgan fingerprint density at radius 1 is 1.34 bits per heavy atom. The Hall–Kier alpha value is -3.49. The number of rotatable bonds is 5. The first-order chi connectivity index (χ1) is 14.0. The monoisotopic (exact) mass is 393 g/mol. The number of fused-ring (bicyclic) bond motifs is 2. The highest BCUT2D eigenvalue weighted by atomic mass is 19.1. The van der Waals surface area contributed by atoms with Gasteiger partial charge in [0.25, 0.3) is 5.91 Å². The predicted octanol–water partition coefficient (Wildman–Crippen LogP) is 2.46. The van der Waals surface area contributed by atoms with E-state index in [0.717, 1.165) is 42.2 Å². The van der Waals surface area contributed by atoms with Crippen LogP contribution in [0, 0.1) is 0 Å². The highest BCUT2D eigenvalue weighted by molar-refractivity contribution is 5.92. The van der Waals surface area contributed by atoms with E-state index in [1.54, 1.807) is 15.3 Å². The number of halogens is 1. The zero-order chi connectivity index (χ0) is 20.1. The van der Waals surface area contributed by atoms with Crippen LogP contribution in [-0.4, -0.2) is 40.8 Å². The maximum absolute atomic E-state index is 13.4. The smallest absolute Gasteiger partial charge is 0.267 e. The maximum Gasteiger partial charge on any atom is 0.267 e. The predicted molar refractivity (Wildman–Crippen MR) is 105 cm³/mol. The van der Waals surface area contributed by atoms with Gasteiger partial charge in [-0.05, 0) is 31.5 Å². The van der Waals surface area contributed by atoms with Gasteiger partial charge in [-0.2, -0.15) is 5.10 Å². The minimum atomic E-state index is -0.981. The third-order valence-corrected chi connectivity index (χ3v) is 5.18. The van der Waals surface area contributed by atoms with Gasteiger partial charge in [0, 0.05) is 30.9 Å². The SMILES string of the molecule is CC(F)Cn1ccc(-c2nc3n(c2-c2ccc4ncc(C(N)=O)n4c2)CCC3)n1. The molecule has 9 heteroatoms.